The number of hydrogen-bond donors (Lipinski definition) is 1. The van der Waals surface area contributed by atoms with Gasteiger partial charge in [0.2, 0.25) is 5.43 Å². The van der Waals surface area contributed by atoms with Crippen LogP contribution in [0.3, 0.4) is 0 Å². The van der Waals surface area contributed by atoms with E-state index in [2.05, 4.69) is 4.98 Å². The standard InChI is InChI=1S/C23H26N4O5S/c1-4-32-12-13(2)7-17(28)15-9-26(10-15)18-8-14(3)19-20(29)16(22(30)31)11-27(21(19)25-18)23-24-5-6-33-23/h5-6,8,11,13,15H,4,7,9-10,12H2,1-3H3,(H,30,31)/t13-/m0/s1. The first kappa shape index (κ1) is 23.1. The lowest BCUT2D eigenvalue weighted by Gasteiger charge is -2.39. The zero-order valence-electron chi connectivity index (χ0n) is 18.8. The van der Waals surface area contributed by atoms with E-state index in [4.69, 9.17) is 9.72 Å². The van der Waals surface area contributed by atoms with Crippen LogP contribution in [0.2, 0.25) is 0 Å². The van der Waals surface area contributed by atoms with E-state index in [1.807, 2.05) is 18.7 Å². The number of rotatable bonds is 9. The number of Topliss-reactive ketones (excluding diaryl/α,β-unsaturated/α-hetero) is 1. The third-order valence-corrected chi connectivity index (χ3v) is 6.59. The van der Waals surface area contributed by atoms with E-state index in [9.17, 15) is 19.5 Å². The fourth-order valence-electron chi connectivity index (χ4n) is 4.03. The Hall–Kier alpha value is -3.11. The van der Waals surface area contributed by atoms with Crippen LogP contribution in [0.5, 0.6) is 0 Å². The summed E-state index contributed by atoms with van der Waals surface area (Å²) in [7, 11) is 0. The fourth-order valence-corrected chi connectivity index (χ4v) is 4.65. The zero-order valence-corrected chi connectivity index (χ0v) is 19.6. The summed E-state index contributed by atoms with van der Waals surface area (Å²) in [5, 5.41) is 12.1. The molecule has 1 saturated heterocycles. The van der Waals surface area contributed by atoms with Crippen LogP contribution >= 0.6 is 11.3 Å². The monoisotopic (exact) mass is 470 g/mol. The number of thiazole rings is 1. The number of fused-ring (bicyclic) bond motifs is 1. The number of carbonyl (C=O) groups is 2. The second-order valence-electron chi connectivity index (χ2n) is 8.39. The number of pyridine rings is 2. The molecular formula is C23H26N4O5S. The highest BCUT2D eigenvalue weighted by Crippen LogP contribution is 2.29. The molecule has 3 aromatic heterocycles. The second-order valence-corrected chi connectivity index (χ2v) is 9.27. The topological polar surface area (TPSA) is 115 Å². The molecule has 174 valence electrons. The van der Waals surface area contributed by atoms with Gasteiger partial charge in [-0.05, 0) is 31.4 Å². The van der Waals surface area contributed by atoms with Crippen molar-refractivity contribution in [1.82, 2.24) is 14.5 Å². The second kappa shape index (κ2) is 9.40. The lowest BCUT2D eigenvalue weighted by molar-refractivity contribution is -0.124. The molecule has 0 radical (unpaired) electrons. The minimum atomic E-state index is -1.29. The summed E-state index contributed by atoms with van der Waals surface area (Å²) >= 11 is 1.32. The molecule has 0 unspecified atom stereocenters. The summed E-state index contributed by atoms with van der Waals surface area (Å²) < 4.78 is 6.96. The van der Waals surface area contributed by atoms with E-state index in [0.717, 1.165) is 0 Å². The Morgan fingerprint density at radius 1 is 1.36 bits per heavy atom. The van der Waals surface area contributed by atoms with Gasteiger partial charge in [-0.2, -0.15) is 0 Å². The Kier molecular flexibility index (Phi) is 6.57. The van der Waals surface area contributed by atoms with Crippen molar-refractivity contribution in [1.29, 1.82) is 0 Å². The number of carboxylic acids is 1. The van der Waals surface area contributed by atoms with Crippen LogP contribution < -0.4 is 10.3 Å². The Bertz CT molecular complexity index is 1250. The normalized spacial score (nSPS) is 14.9. The minimum Gasteiger partial charge on any atom is -0.477 e. The number of aromatic nitrogens is 3. The highest BCUT2D eigenvalue weighted by molar-refractivity contribution is 7.12. The molecule has 10 heteroatoms. The molecule has 4 heterocycles. The molecule has 3 aromatic rings. The number of ketones is 1. The summed E-state index contributed by atoms with van der Waals surface area (Å²) in [5.41, 5.74) is 0.0940. The van der Waals surface area contributed by atoms with Gasteiger partial charge in [-0.3, -0.25) is 14.2 Å². The van der Waals surface area contributed by atoms with E-state index in [1.165, 1.54) is 17.5 Å². The highest BCUT2D eigenvalue weighted by atomic mass is 32.1. The van der Waals surface area contributed by atoms with Crippen LogP contribution in [-0.2, 0) is 9.53 Å². The molecule has 0 saturated carbocycles. The van der Waals surface area contributed by atoms with E-state index in [-0.39, 0.29) is 28.6 Å². The molecule has 1 aliphatic heterocycles. The van der Waals surface area contributed by atoms with Crippen LogP contribution in [0.25, 0.3) is 16.2 Å². The van der Waals surface area contributed by atoms with Gasteiger partial charge in [-0.1, -0.05) is 6.92 Å². The molecule has 0 aromatic carbocycles. The largest absolute Gasteiger partial charge is 0.477 e. The van der Waals surface area contributed by atoms with Crippen LogP contribution in [0.15, 0.2) is 28.6 Å². The number of aryl methyl sites for hydroxylation is 1. The molecule has 4 rings (SSSR count). The molecule has 33 heavy (non-hydrogen) atoms. The number of carbonyl (C=O) groups excluding carboxylic acids is 1. The minimum absolute atomic E-state index is 0.0533. The number of anilines is 1. The van der Waals surface area contributed by atoms with Gasteiger partial charge in [0, 0.05) is 50.5 Å². The van der Waals surface area contributed by atoms with E-state index in [0.29, 0.717) is 54.9 Å². The van der Waals surface area contributed by atoms with Crippen LogP contribution in [0.4, 0.5) is 5.82 Å². The summed E-state index contributed by atoms with van der Waals surface area (Å²) in [5.74, 6) is -0.287. The lowest BCUT2D eigenvalue weighted by Crippen LogP contribution is -2.51. The van der Waals surface area contributed by atoms with Gasteiger partial charge in [-0.15, -0.1) is 11.3 Å². The first-order chi connectivity index (χ1) is 15.8. The summed E-state index contributed by atoms with van der Waals surface area (Å²) in [4.78, 5) is 48.1. The van der Waals surface area contributed by atoms with Crippen molar-refractivity contribution < 1.29 is 19.4 Å². The van der Waals surface area contributed by atoms with Crippen LogP contribution in [0, 0.1) is 18.8 Å². The van der Waals surface area contributed by atoms with Crippen LogP contribution in [-0.4, -0.2) is 57.7 Å². The quantitative estimate of drug-likeness (QED) is 0.508. The first-order valence-corrected chi connectivity index (χ1v) is 11.7. The van der Waals surface area contributed by atoms with Gasteiger partial charge < -0.3 is 14.7 Å². The maximum absolute atomic E-state index is 12.9. The third kappa shape index (κ3) is 4.53. The van der Waals surface area contributed by atoms with Gasteiger partial charge in [0.15, 0.2) is 10.8 Å². The number of hydrogen-bond acceptors (Lipinski definition) is 8. The van der Waals surface area contributed by atoms with E-state index in [1.54, 1.807) is 29.1 Å². The predicted octanol–water partition coefficient (Wildman–Crippen LogP) is 2.92. The first-order valence-electron chi connectivity index (χ1n) is 10.9. The molecule has 1 fully saturated rings. The molecule has 0 spiro atoms. The lowest BCUT2D eigenvalue weighted by atomic mass is 9.89. The predicted molar refractivity (Wildman–Crippen MR) is 126 cm³/mol. The maximum atomic E-state index is 12.9. The maximum Gasteiger partial charge on any atom is 0.341 e. The fraction of sp³-hybridized carbons (Fsp3) is 0.435. The molecule has 1 N–H and O–H groups in total. The Morgan fingerprint density at radius 2 is 2.12 bits per heavy atom. The molecule has 0 aliphatic carbocycles. The van der Waals surface area contributed by atoms with Crippen molar-refractivity contribution in [3.8, 4) is 5.13 Å². The third-order valence-electron chi connectivity index (χ3n) is 5.81. The van der Waals surface area contributed by atoms with Gasteiger partial charge in [0.1, 0.15) is 17.2 Å². The summed E-state index contributed by atoms with van der Waals surface area (Å²) in [6, 6.07) is 1.78. The van der Waals surface area contributed by atoms with Gasteiger partial charge in [-0.25, -0.2) is 14.8 Å². The van der Waals surface area contributed by atoms with Crippen molar-refractivity contribution in [3.63, 3.8) is 0 Å². The van der Waals surface area contributed by atoms with Crippen molar-refractivity contribution in [2.45, 2.75) is 27.2 Å². The zero-order chi connectivity index (χ0) is 23.7. The molecule has 0 amide bonds. The Morgan fingerprint density at radius 3 is 2.76 bits per heavy atom. The van der Waals surface area contributed by atoms with Crippen molar-refractivity contribution in [3.05, 3.63) is 45.2 Å². The molecule has 1 aliphatic rings. The highest BCUT2D eigenvalue weighted by Gasteiger charge is 2.34. The number of ether oxygens (including phenoxy) is 1. The van der Waals surface area contributed by atoms with Crippen LogP contribution in [0.1, 0.15) is 36.2 Å². The molecule has 0 bridgehead atoms. The SMILES string of the molecule is CCOC[C@@H](C)CC(=O)C1CN(c2cc(C)c3c(=O)c(C(=O)O)cn(-c4nccs4)c3n2)C1. The number of aromatic carboxylic acids is 1. The van der Waals surface area contributed by atoms with E-state index < -0.39 is 11.4 Å². The summed E-state index contributed by atoms with van der Waals surface area (Å²) in [6.45, 7) is 8.07. The number of carboxylic acid groups (broad SMARTS) is 1. The molecule has 9 nitrogen and oxygen atoms in total. The average molecular weight is 471 g/mol. The van der Waals surface area contributed by atoms with Gasteiger partial charge in [0.25, 0.3) is 0 Å². The Labute approximate surface area is 194 Å². The Balaban J connectivity index is 1.63. The summed E-state index contributed by atoms with van der Waals surface area (Å²) in [6.07, 6.45) is 3.38. The molecular weight excluding hydrogens is 444 g/mol. The van der Waals surface area contributed by atoms with Gasteiger partial charge >= 0.3 is 5.97 Å². The number of nitrogens with zero attached hydrogens (tertiary/aromatic N) is 4. The average Bonchev–Trinajstić information content (AvgIpc) is 3.25. The smallest absolute Gasteiger partial charge is 0.341 e. The van der Waals surface area contributed by atoms with E-state index >= 15 is 0 Å². The van der Waals surface area contributed by atoms with Crippen molar-refractivity contribution in [2.24, 2.45) is 11.8 Å². The molecule has 1 atom stereocenters. The van der Waals surface area contributed by atoms with Crippen molar-refractivity contribution in [2.75, 3.05) is 31.2 Å². The van der Waals surface area contributed by atoms with Crippen molar-refractivity contribution >= 4 is 39.9 Å². The van der Waals surface area contributed by atoms with Gasteiger partial charge in [0.05, 0.1) is 11.3 Å².